The molecule has 2 aliphatic rings. The van der Waals surface area contributed by atoms with Crippen LogP contribution in [-0.2, 0) is 4.79 Å². The summed E-state index contributed by atoms with van der Waals surface area (Å²) in [5, 5.41) is 7.44. The molecule has 1 atom stereocenters. The number of amides is 3. The van der Waals surface area contributed by atoms with Crippen LogP contribution >= 0.6 is 0 Å². The van der Waals surface area contributed by atoms with Gasteiger partial charge in [0.15, 0.2) is 11.6 Å². The standard InChI is InChI=1S/C28H33F2N5O2/c29-23-10-9-20(15-24(23)30)34-28(37)35-13-11-18(12-14-35)26(27(31)36)33-19-7-5-17(6-8-19)22-16-32-25-4-2-1-3-21(22)25/h1-4,9-10,15-19,26,32-33H,5-8,11-14H2,(H2,31,36)(H,34,37). The number of hydrogen-bond acceptors (Lipinski definition) is 3. The number of aromatic nitrogens is 1. The Kier molecular flexibility index (Phi) is 7.41. The van der Waals surface area contributed by atoms with E-state index in [1.807, 2.05) is 6.07 Å². The minimum atomic E-state index is -1.01. The zero-order valence-corrected chi connectivity index (χ0v) is 20.7. The third-order valence-electron chi connectivity index (χ3n) is 7.98. The van der Waals surface area contributed by atoms with Crippen molar-refractivity contribution in [2.75, 3.05) is 18.4 Å². The number of piperidine rings is 1. The van der Waals surface area contributed by atoms with Crippen LogP contribution in [0.1, 0.15) is 50.0 Å². The third kappa shape index (κ3) is 5.61. The monoisotopic (exact) mass is 509 g/mol. The van der Waals surface area contributed by atoms with Crippen LogP contribution in [-0.4, -0.2) is 47.0 Å². The van der Waals surface area contributed by atoms with E-state index in [2.05, 4.69) is 40.0 Å². The molecule has 2 aromatic carbocycles. The first-order valence-corrected chi connectivity index (χ1v) is 13.0. The summed E-state index contributed by atoms with van der Waals surface area (Å²) in [4.78, 5) is 30.0. The normalized spacial score (nSPS) is 21.6. The first-order valence-electron chi connectivity index (χ1n) is 13.0. The average molecular weight is 510 g/mol. The molecule has 1 saturated heterocycles. The summed E-state index contributed by atoms with van der Waals surface area (Å²) < 4.78 is 26.6. The molecule has 2 heterocycles. The molecule has 196 valence electrons. The predicted octanol–water partition coefficient (Wildman–Crippen LogP) is 4.86. The second-order valence-corrected chi connectivity index (χ2v) is 10.3. The molecule has 9 heteroatoms. The van der Waals surface area contributed by atoms with Crippen LogP contribution in [0.4, 0.5) is 19.3 Å². The number of rotatable bonds is 6. The lowest BCUT2D eigenvalue weighted by atomic mass is 9.80. The van der Waals surface area contributed by atoms with Crippen molar-refractivity contribution in [1.29, 1.82) is 0 Å². The molecule has 5 N–H and O–H groups in total. The van der Waals surface area contributed by atoms with E-state index in [4.69, 9.17) is 5.73 Å². The van der Waals surface area contributed by atoms with E-state index < -0.39 is 17.7 Å². The van der Waals surface area contributed by atoms with Crippen LogP contribution in [0.2, 0.25) is 0 Å². The maximum absolute atomic E-state index is 13.4. The van der Waals surface area contributed by atoms with Crippen molar-refractivity contribution < 1.29 is 18.4 Å². The number of fused-ring (bicyclic) bond motifs is 1. The first kappa shape index (κ1) is 25.2. The lowest BCUT2D eigenvalue weighted by molar-refractivity contribution is -0.122. The number of likely N-dealkylation sites (tertiary alicyclic amines) is 1. The fourth-order valence-electron chi connectivity index (χ4n) is 5.92. The number of hydrogen-bond donors (Lipinski definition) is 4. The number of carbonyl (C=O) groups is 2. The van der Waals surface area contributed by atoms with Crippen molar-refractivity contribution >= 4 is 28.5 Å². The number of carbonyl (C=O) groups excluding carboxylic acids is 2. The third-order valence-corrected chi connectivity index (χ3v) is 7.98. The topological polar surface area (TPSA) is 103 Å². The van der Waals surface area contributed by atoms with Gasteiger partial charge in [-0.1, -0.05) is 18.2 Å². The number of urea groups is 1. The molecule has 1 aromatic heterocycles. The lowest BCUT2D eigenvalue weighted by Crippen LogP contribution is -2.54. The van der Waals surface area contributed by atoms with Gasteiger partial charge in [0, 0.05) is 48.0 Å². The molecule has 1 saturated carbocycles. The number of nitrogens with two attached hydrogens (primary N) is 1. The number of para-hydroxylation sites is 1. The average Bonchev–Trinajstić information content (AvgIpc) is 3.34. The van der Waals surface area contributed by atoms with E-state index in [-0.39, 0.29) is 29.6 Å². The van der Waals surface area contributed by atoms with Gasteiger partial charge in [-0.2, -0.15) is 0 Å². The van der Waals surface area contributed by atoms with Gasteiger partial charge in [0.2, 0.25) is 5.91 Å². The van der Waals surface area contributed by atoms with E-state index in [1.165, 1.54) is 17.0 Å². The summed E-state index contributed by atoms with van der Waals surface area (Å²) in [7, 11) is 0. The Morgan fingerprint density at radius 2 is 1.70 bits per heavy atom. The molecule has 1 aliphatic heterocycles. The van der Waals surface area contributed by atoms with Crippen LogP contribution in [0, 0.1) is 17.6 Å². The molecule has 3 aromatic rings. The van der Waals surface area contributed by atoms with Crippen molar-refractivity contribution in [3.05, 3.63) is 65.9 Å². The van der Waals surface area contributed by atoms with Gasteiger partial charge in [-0.3, -0.25) is 4.79 Å². The number of aromatic amines is 1. The van der Waals surface area contributed by atoms with Crippen LogP contribution in [0.15, 0.2) is 48.7 Å². The van der Waals surface area contributed by atoms with Crippen LogP contribution < -0.4 is 16.4 Å². The Morgan fingerprint density at radius 1 is 0.973 bits per heavy atom. The van der Waals surface area contributed by atoms with Gasteiger partial charge in [0.1, 0.15) is 0 Å². The Hall–Kier alpha value is -3.46. The fraction of sp³-hybridized carbons (Fsp3) is 0.429. The Morgan fingerprint density at radius 3 is 2.41 bits per heavy atom. The summed E-state index contributed by atoms with van der Waals surface area (Å²) >= 11 is 0. The van der Waals surface area contributed by atoms with Gasteiger partial charge >= 0.3 is 6.03 Å². The molecule has 0 bridgehead atoms. The summed E-state index contributed by atoms with van der Waals surface area (Å²) in [5.74, 6) is -1.80. The quantitative estimate of drug-likeness (QED) is 0.382. The van der Waals surface area contributed by atoms with E-state index in [9.17, 15) is 18.4 Å². The maximum Gasteiger partial charge on any atom is 0.321 e. The molecule has 3 amide bonds. The van der Waals surface area contributed by atoms with Gasteiger partial charge < -0.3 is 26.3 Å². The number of nitrogens with zero attached hydrogens (tertiary/aromatic N) is 1. The number of primary amides is 1. The van der Waals surface area contributed by atoms with Gasteiger partial charge in [0.05, 0.1) is 6.04 Å². The number of halogens is 2. The van der Waals surface area contributed by atoms with E-state index >= 15 is 0 Å². The SMILES string of the molecule is NC(=O)C(NC1CCC(c2c[nH]c3ccccc23)CC1)C1CCN(C(=O)Nc2ccc(F)c(F)c2)CC1. The van der Waals surface area contributed by atoms with Crippen molar-refractivity contribution in [1.82, 2.24) is 15.2 Å². The highest BCUT2D eigenvalue weighted by atomic mass is 19.2. The number of nitrogens with one attached hydrogen (secondary N) is 3. The zero-order chi connectivity index (χ0) is 25.9. The smallest absolute Gasteiger partial charge is 0.321 e. The Bertz CT molecular complexity index is 1260. The zero-order valence-electron chi connectivity index (χ0n) is 20.7. The van der Waals surface area contributed by atoms with Gasteiger partial charge in [-0.05, 0) is 74.1 Å². The molecule has 5 rings (SSSR count). The number of anilines is 1. The molecule has 1 unspecified atom stereocenters. The summed E-state index contributed by atoms with van der Waals surface area (Å²) in [5.41, 5.74) is 8.54. The van der Waals surface area contributed by atoms with Crippen molar-refractivity contribution in [2.45, 2.75) is 56.5 Å². The Balaban J connectivity index is 1.12. The van der Waals surface area contributed by atoms with E-state index in [0.717, 1.165) is 43.3 Å². The van der Waals surface area contributed by atoms with Gasteiger partial charge in [0.25, 0.3) is 0 Å². The molecule has 7 nitrogen and oxygen atoms in total. The highest BCUT2D eigenvalue weighted by Crippen LogP contribution is 2.37. The first-order chi connectivity index (χ1) is 17.9. The highest BCUT2D eigenvalue weighted by Gasteiger charge is 2.34. The van der Waals surface area contributed by atoms with E-state index in [1.54, 1.807) is 4.90 Å². The van der Waals surface area contributed by atoms with Gasteiger partial charge in [-0.25, -0.2) is 13.6 Å². The largest absolute Gasteiger partial charge is 0.368 e. The maximum atomic E-state index is 13.4. The highest BCUT2D eigenvalue weighted by molar-refractivity contribution is 5.89. The van der Waals surface area contributed by atoms with Crippen molar-refractivity contribution in [3.8, 4) is 0 Å². The van der Waals surface area contributed by atoms with Crippen LogP contribution in [0.3, 0.4) is 0 Å². The number of benzene rings is 2. The summed E-state index contributed by atoms with van der Waals surface area (Å²) in [6, 6.07) is 11.1. The molecular formula is C28H33F2N5O2. The molecule has 2 fully saturated rings. The molecule has 37 heavy (non-hydrogen) atoms. The minimum absolute atomic E-state index is 0.0381. The van der Waals surface area contributed by atoms with Crippen molar-refractivity contribution in [2.24, 2.45) is 11.7 Å². The summed E-state index contributed by atoms with van der Waals surface area (Å²) in [6.45, 7) is 0.915. The summed E-state index contributed by atoms with van der Waals surface area (Å²) in [6.07, 6.45) is 7.45. The second-order valence-electron chi connectivity index (χ2n) is 10.3. The van der Waals surface area contributed by atoms with Crippen LogP contribution in [0.25, 0.3) is 10.9 Å². The number of H-pyrrole nitrogens is 1. The lowest BCUT2D eigenvalue weighted by Gasteiger charge is -2.38. The second kappa shape index (κ2) is 10.9. The van der Waals surface area contributed by atoms with E-state index in [0.29, 0.717) is 31.8 Å². The van der Waals surface area contributed by atoms with Crippen LogP contribution in [0.5, 0.6) is 0 Å². The van der Waals surface area contributed by atoms with Crippen molar-refractivity contribution in [3.63, 3.8) is 0 Å². The predicted molar refractivity (Wildman–Crippen MR) is 139 cm³/mol. The minimum Gasteiger partial charge on any atom is -0.368 e. The molecule has 0 radical (unpaired) electrons. The fourth-order valence-corrected chi connectivity index (χ4v) is 5.92. The molecule has 1 aliphatic carbocycles. The molecular weight excluding hydrogens is 476 g/mol. The molecule has 0 spiro atoms. The Labute approximate surface area is 214 Å². The van der Waals surface area contributed by atoms with Gasteiger partial charge in [-0.15, -0.1) is 0 Å².